The Morgan fingerprint density at radius 3 is 2.56 bits per heavy atom. The first-order valence-electron chi connectivity index (χ1n) is 4.99. The maximum atomic E-state index is 12.3. The second-order valence-electron chi connectivity index (χ2n) is 3.54. The van der Waals surface area contributed by atoms with Crippen LogP contribution < -0.4 is 5.32 Å². The van der Waals surface area contributed by atoms with Crippen LogP contribution >= 0.6 is 0 Å². The molecule has 0 amide bonds. The van der Waals surface area contributed by atoms with Crippen molar-refractivity contribution in [3.05, 3.63) is 30.0 Å². The van der Waals surface area contributed by atoms with Crippen LogP contribution in [0.2, 0.25) is 0 Å². The molecule has 2 heterocycles. The molecule has 0 bridgehead atoms. The molecule has 0 radical (unpaired) electrons. The lowest BCUT2D eigenvalue weighted by molar-refractivity contribution is -0.141. The van der Waals surface area contributed by atoms with Gasteiger partial charge in [-0.2, -0.15) is 18.3 Å². The molecule has 0 saturated heterocycles. The van der Waals surface area contributed by atoms with Crippen LogP contribution in [-0.2, 0) is 6.18 Å². The zero-order chi connectivity index (χ0) is 13.2. The maximum absolute atomic E-state index is 12.3. The zero-order valence-electron chi connectivity index (χ0n) is 9.23. The highest BCUT2D eigenvalue weighted by Gasteiger charge is 2.32. The van der Waals surface area contributed by atoms with Crippen molar-refractivity contribution in [2.24, 2.45) is 0 Å². The number of anilines is 1. The summed E-state index contributed by atoms with van der Waals surface area (Å²) in [6.07, 6.45) is -3.14. The monoisotopic (exact) mass is 258 g/mol. The van der Waals surface area contributed by atoms with Crippen molar-refractivity contribution in [1.29, 1.82) is 0 Å². The lowest BCUT2D eigenvalue weighted by Crippen LogP contribution is -2.13. The Balaban J connectivity index is 2.07. The Hall–Kier alpha value is -2.19. The van der Waals surface area contributed by atoms with Crippen molar-refractivity contribution in [3.8, 4) is 0 Å². The predicted octanol–water partition coefficient (Wildman–Crippen LogP) is 1.79. The Morgan fingerprint density at radius 2 is 2.06 bits per heavy atom. The van der Waals surface area contributed by atoms with Crippen molar-refractivity contribution < 1.29 is 13.2 Å². The van der Waals surface area contributed by atoms with Crippen LogP contribution in [0.15, 0.2) is 18.5 Å². The molecule has 0 saturated carbocycles. The molecule has 18 heavy (non-hydrogen) atoms. The second-order valence-corrected chi connectivity index (χ2v) is 3.54. The number of hydrogen-bond donors (Lipinski definition) is 2. The molecule has 0 fully saturated rings. The highest BCUT2D eigenvalue weighted by atomic mass is 19.4. The summed E-state index contributed by atoms with van der Waals surface area (Å²) in [5.41, 5.74) is -1.03. The van der Waals surface area contributed by atoms with E-state index in [9.17, 15) is 13.2 Å². The minimum atomic E-state index is -4.48. The first-order valence-corrected chi connectivity index (χ1v) is 4.99. The van der Waals surface area contributed by atoms with E-state index in [1.807, 2.05) is 0 Å². The van der Waals surface area contributed by atoms with Crippen LogP contribution in [0.4, 0.5) is 19.0 Å². The first kappa shape index (κ1) is 12.3. The van der Waals surface area contributed by atoms with E-state index in [-0.39, 0.29) is 11.9 Å². The van der Waals surface area contributed by atoms with Gasteiger partial charge in [0, 0.05) is 0 Å². The van der Waals surface area contributed by atoms with Crippen molar-refractivity contribution in [2.45, 2.75) is 19.1 Å². The molecular weight excluding hydrogens is 249 g/mol. The van der Waals surface area contributed by atoms with Gasteiger partial charge >= 0.3 is 6.18 Å². The van der Waals surface area contributed by atoms with Crippen LogP contribution in [-0.4, -0.2) is 25.4 Å². The molecule has 0 spiro atoms. The van der Waals surface area contributed by atoms with Crippen molar-refractivity contribution in [1.82, 2.24) is 25.4 Å². The number of rotatable bonds is 3. The number of hydrogen-bond acceptors (Lipinski definition) is 5. The molecular formula is C9H9F3N6. The molecule has 0 aromatic carbocycles. The van der Waals surface area contributed by atoms with Crippen LogP contribution in [0.1, 0.15) is 24.5 Å². The minimum Gasteiger partial charge on any atom is -0.359 e. The molecule has 0 aliphatic rings. The van der Waals surface area contributed by atoms with Crippen LogP contribution in [0.25, 0.3) is 0 Å². The highest BCUT2D eigenvalue weighted by molar-refractivity contribution is 5.35. The van der Waals surface area contributed by atoms with Gasteiger partial charge in [0.2, 0.25) is 0 Å². The Bertz CT molecular complexity index is 492. The number of nitrogens with zero attached hydrogens (tertiary/aromatic N) is 4. The number of H-pyrrole nitrogens is 1. The minimum absolute atomic E-state index is 0.229. The molecule has 0 aliphatic carbocycles. The summed E-state index contributed by atoms with van der Waals surface area (Å²) >= 11 is 0. The van der Waals surface area contributed by atoms with Gasteiger partial charge in [0.15, 0.2) is 5.69 Å². The standard InChI is InChI=1S/C9H9F3N6/c1-5(8-13-4-14-18-8)15-7-3-2-6(16-17-7)9(10,11)12/h2-5H,1H3,(H,15,17)(H,13,14,18). The zero-order valence-corrected chi connectivity index (χ0v) is 9.23. The molecule has 96 valence electrons. The van der Waals surface area contributed by atoms with Crippen LogP contribution in [0, 0.1) is 0 Å². The van der Waals surface area contributed by atoms with Gasteiger partial charge in [-0.3, -0.25) is 5.10 Å². The van der Waals surface area contributed by atoms with Gasteiger partial charge in [-0.1, -0.05) is 0 Å². The summed E-state index contributed by atoms with van der Waals surface area (Å²) in [6.45, 7) is 1.76. The average molecular weight is 258 g/mol. The molecule has 2 aromatic rings. The fourth-order valence-electron chi connectivity index (χ4n) is 1.27. The van der Waals surface area contributed by atoms with E-state index in [0.29, 0.717) is 5.82 Å². The molecule has 2 rings (SSSR count). The molecule has 0 aliphatic heterocycles. The number of aromatic amines is 1. The van der Waals surface area contributed by atoms with E-state index in [2.05, 4.69) is 30.7 Å². The normalized spacial score (nSPS) is 13.3. The van der Waals surface area contributed by atoms with Crippen molar-refractivity contribution in [2.75, 3.05) is 5.32 Å². The Labute approximate surface area is 99.7 Å². The molecule has 6 nitrogen and oxygen atoms in total. The number of nitrogens with one attached hydrogen (secondary N) is 2. The van der Waals surface area contributed by atoms with Gasteiger partial charge in [0.05, 0.1) is 6.04 Å². The summed E-state index contributed by atoms with van der Waals surface area (Å²) in [7, 11) is 0. The first-order chi connectivity index (χ1) is 8.47. The second kappa shape index (κ2) is 4.59. The van der Waals surface area contributed by atoms with Gasteiger partial charge in [-0.15, -0.1) is 10.2 Å². The van der Waals surface area contributed by atoms with E-state index in [4.69, 9.17) is 0 Å². The lowest BCUT2D eigenvalue weighted by atomic mass is 10.3. The maximum Gasteiger partial charge on any atom is 0.435 e. The van der Waals surface area contributed by atoms with Gasteiger partial charge < -0.3 is 5.32 Å². The van der Waals surface area contributed by atoms with E-state index >= 15 is 0 Å². The SMILES string of the molecule is CC(Nc1ccc(C(F)(F)F)nn1)c1ncn[nH]1. The summed E-state index contributed by atoms with van der Waals surface area (Å²) < 4.78 is 36.8. The highest BCUT2D eigenvalue weighted by Crippen LogP contribution is 2.27. The van der Waals surface area contributed by atoms with Gasteiger partial charge in [0.25, 0.3) is 0 Å². The third-order valence-corrected chi connectivity index (χ3v) is 2.16. The summed E-state index contributed by atoms with van der Waals surface area (Å²) in [4.78, 5) is 3.91. The van der Waals surface area contributed by atoms with Gasteiger partial charge in [-0.05, 0) is 19.1 Å². The topological polar surface area (TPSA) is 79.4 Å². The number of alkyl halides is 3. The quantitative estimate of drug-likeness (QED) is 0.877. The number of aromatic nitrogens is 5. The lowest BCUT2D eigenvalue weighted by Gasteiger charge is -2.11. The van der Waals surface area contributed by atoms with E-state index in [1.54, 1.807) is 6.92 Å². The van der Waals surface area contributed by atoms with E-state index in [1.165, 1.54) is 12.4 Å². The third-order valence-electron chi connectivity index (χ3n) is 2.16. The third kappa shape index (κ3) is 2.73. The molecule has 2 N–H and O–H groups in total. The predicted molar refractivity (Wildman–Crippen MR) is 55.5 cm³/mol. The average Bonchev–Trinajstić information content (AvgIpc) is 2.82. The number of halogens is 3. The smallest absolute Gasteiger partial charge is 0.359 e. The molecule has 9 heteroatoms. The van der Waals surface area contributed by atoms with Gasteiger partial charge in [0.1, 0.15) is 18.0 Å². The van der Waals surface area contributed by atoms with Crippen LogP contribution in [0.5, 0.6) is 0 Å². The van der Waals surface area contributed by atoms with E-state index < -0.39 is 11.9 Å². The molecule has 2 aromatic heterocycles. The Kier molecular flexibility index (Phi) is 3.13. The summed E-state index contributed by atoms with van der Waals surface area (Å²) in [6, 6.07) is 1.81. The summed E-state index contributed by atoms with van der Waals surface area (Å²) in [5.74, 6) is 0.781. The van der Waals surface area contributed by atoms with E-state index in [0.717, 1.165) is 6.07 Å². The summed E-state index contributed by atoms with van der Waals surface area (Å²) in [5, 5.41) is 15.7. The van der Waals surface area contributed by atoms with Crippen LogP contribution in [0.3, 0.4) is 0 Å². The largest absolute Gasteiger partial charge is 0.435 e. The van der Waals surface area contributed by atoms with Crippen molar-refractivity contribution in [3.63, 3.8) is 0 Å². The van der Waals surface area contributed by atoms with Crippen molar-refractivity contribution >= 4 is 5.82 Å². The fraction of sp³-hybridized carbons (Fsp3) is 0.333. The molecule has 1 unspecified atom stereocenters. The molecule has 1 atom stereocenters. The Morgan fingerprint density at radius 1 is 1.28 bits per heavy atom. The van der Waals surface area contributed by atoms with Gasteiger partial charge in [-0.25, -0.2) is 4.98 Å². The fourth-order valence-corrected chi connectivity index (χ4v) is 1.27.